The molecular formula is C15H15N3O3. The molecule has 2 N–H and O–H groups in total. The number of ether oxygens (including phenoxy) is 1. The minimum Gasteiger partial charge on any atom is -0.507 e. The van der Waals surface area contributed by atoms with Crippen molar-refractivity contribution in [2.45, 2.75) is 6.92 Å². The number of phenols is 1. The average molecular weight is 285 g/mol. The predicted octanol–water partition coefficient (Wildman–Crippen LogP) is 1.95. The van der Waals surface area contributed by atoms with Crippen molar-refractivity contribution >= 4 is 11.6 Å². The summed E-state index contributed by atoms with van der Waals surface area (Å²) in [6.07, 6.45) is 3.06. The maximum absolute atomic E-state index is 11.8. The van der Waals surface area contributed by atoms with E-state index in [0.29, 0.717) is 22.6 Å². The summed E-state index contributed by atoms with van der Waals surface area (Å²) in [5, 5.41) is 13.9. The molecule has 0 spiro atoms. The van der Waals surface area contributed by atoms with E-state index in [2.05, 4.69) is 15.5 Å². The zero-order chi connectivity index (χ0) is 15.2. The van der Waals surface area contributed by atoms with Crippen molar-refractivity contribution in [1.82, 2.24) is 10.4 Å². The zero-order valence-electron chi connectivity index (χ0n) is 11.7. The molecule has 6 heteroatoms. The van der Waals surface area contributed by atoms with E-state index in [4.69, 9.17) is 4.74 Å². The Balaban J connectivity index is 2.13. The first-order valence-corrected chi connectivity index (χ1v) is 6.24. The Hall–Kier alpha value is -2.89. The first-order valence-electron chi connectivity index (χ1n) is 6.24. The van der Waals surface area contributed by atoms with Crippen LogP contribution >= 0.6 is 0 Å². The Morgan fingerprint density at radius 3 is 2.62 bits per heavy atom. The largest absolute Gasteiger partial charge is 0.507 e. The predicted molar refractivity (Wildman–Crippen MR) is 78.6 cm³/mol. The molecule has 0 unspecified atom stereocenters. The first-order chi connectivity index (χ1) is 10.1. The van der Waals surface area contributed by atoms with Crippen molar-refractivity contribution in [1.29, 1.82) is 0 Å². The van der Waals surface area contributed by atoms with Gasteiger partial charge in [0, 0.05) is 29.6 Å². The second kappa shape index (κ2) is 6.51. The van der Waals surface area contributed by atoms with Crippen molar-refractivity contribution in [3.8, 4) is 11.5 Å². The number of amides is 1. The highest BCUT2D eigenvalue weighted by molar-refractivity contribution is 6.02. The summed E-state index contributed by atoms with van der Waals surface area (Å²) < 4.78 is 5.01. The number of hydrogen-bond donors (Lipinski definition) is 2. The lowest BCUT2D eigenvalue weighted by Crippen LogP contribution is -2.19. The molecule has 2 rings (SSSR count). The number of methoxy groups -OCH3 is 1. The fourth-order valence-electron chi connectivity index (χ4n) is 1.71. The Kier molecular flexibility index (Phi) is 4.50. The second-order valence-electron chi connectivity index (χ2n) is 4.26. The first kappa shape index (κ1) is 14.5. The summed E-state index contributed by atoms with van der Waals surface area (Å²) in [4.78, 5) is 15.7. The molecular weight excluding hydrogens is 270 g/mol. The van der Waals surface area contributed by atoms with Gasteiger partial charge in [-0.2, -0.15) is 5.10 Å². The lowest BCUT2D eigenvalue weighted by Gasteiger charge is -2.07. The molecule has 0 aliphatic heterocycles. The average Bonchev–Trinajstić information content (AvgIpc) is 2.52. The minimum atomic E-state index is -0.343. The van der Waals surface area contributed by atoms with Gasteiger partial charge in [-0.3, -0.25) is 9.78 Å². The Morgan fingerprint density at radius 1 is 1.29 bits per heavy atom. The highest BCUT2D eigenvalue weighted by Gasteiger charge is 2.08. The minimum absolute atomic E-state index is 0.0359. The molecule has 0 saturated heterocycles. The van der Waals surface area contributed by atoms with Crippen LogP contribution in [0.2, 0.25) is 0 Å². The van der Waals surface area contributed by atoms with Crippen LogP contribution in [-0.2, 0) is 0 Å². The van der Waals surface area contributed by atoms with Crippen molar-refractivity contribution in [3.05, 3.63) is 53.9 Å². The van der Waals surface area contributed by atoms with E-state index in [1.54, 1.807) is 31.2 Å². The van der Waals surface area contributed by atoms with E-state index in [0.717, 1.165) is 0 Å². The van der Waals surface area contributed by atoms with Gasteiger partial charge in [0.2, 0.25) is 0 Å². The van der Waals surface area contributed by atoms with Gasteiger partial charge in [0.15, 0.2) is 0 Å². The molecule has 21 heavy (non-hydrogen) atoms. The Bertz CT molecular complexity index is 669. The van der Waals surface area contributed by atoms with E-state index in [1.165, 1.54) is 25.6 Å². The van der Waals surface area contributed by atoms with Crippen LogP contribution in [0, 0.1) is 0 Å². The monoisotopic (exact) mass is 285 g/mol. The highest BCUT2D eigenvalue weighted by Crippen LogP contribution is 2.23. The third kappa shape index (κ3) is 3.56. The molecule has 0 atom stereocenters. The SMILES string of the molecule is COc1ccc(C(C)=NNC(=O)c2ccncc2)c(O)c1. The van der Waals surface area contributed by atoms with Crippen molar-refractivity contribution < 1.29 is 14.6 Å². The van der Waals surface area contributed by atoms with E-state index in [9.17, 15) is 9.90 Å². The van der Waals surface area contributed by atoms with E-state index < -0.39 is 0 Å². The fraction of sp³-hybridized carbons (Fsp3) is 0.133. The van der Waals surface area contributed by atoms with Gasteiger partial charge in [-0.05, 0) is 31.2 Å². The van der Waals surface area contributed by atoms with Crippen molar-refractivity contribution in [2.24, 2.45) is 5.10 Å². The van der Waals surface area contributed by atoms with Crippen molar-refractivity contribution in [2.75, 3.05) is 7.11 Å². The van der Waals surface area contributed by atoms with Crippen LogP contribution in [0.3, 0.4) is 0 Å². The van der Waals surface area contributed by atoms with Crippen LogP contribution in [0.25, 0.3) is 0 Å². The summed E-state index contributed by atoms with van der Waals surface area (Å²) in [7, 11) is 1.52. The summed E-state index contributed by atoms with van der Waals surface area (Å²) in [5.74, 6) is 0.239. The van der Waals surface area contributed by atoms with Crippen molar-refractivity contribution in [3.63, 3.8) is 0 Å². The standard InChI is InChI=1S/C15H15N3O3/c1-10(13-4-3-12(21-2)9-14(13)19)17-18-15(20)11-5-7-16-8-6-11/h3-9,19H,1-2H3,(H,18,20). The van der Waals surface area contributed by atoms with Gasteiger partial charge in [0.1, 0.15) is 11.5 Å². The lowest BCUT2D eigenvalue weighted by molar-refractivity contribution is 0.0954. The van der Waals surface area contributed by atoms with Gasteiger partial charge in [0.05, 0.1) is 12.8 Å². The van der Waals surface area contributed by atoms with Crippen LogP contribution in [0.1, 0.15) is 22.8 Å². The number of hydrazone groups is 1. The van der Waals surface area contributed by atoms with Gasteiger partial charge in [-0.1, -0.05) is 0 Å². The molecule has 6 nitrogen and oxygen atoms in total. The number of hydrogen-bond acceptors (Lipinski definition) is 5. The second-order valence-corrected chi connectivity index (χ2v) is 4.26. The van der Waals surface area contributed by atoms with Crippen LogP contribution < -0.4 is 10.2 Å². The molecule has 0 fully saturated rings. The Labute approximate surface area is 122 Å². The number of aromatic nitrogens is 1. The maximum Gasteiger partial charge on any atom is 0.271 e. The van der Waals surface area contributed by atoms with Crippen LogP contribution in [0.5, 0.6) is 11.5 Å². The number of benzene rings is 1. The zero-order valence-corrected chi connectivity index (χ0v) is 11.7. The quantitative estimate of drug-likeness (QED) is 0.664. The number of phenolic OH excluding ortho intramolecular Hbond substituents is 1. The number of rotatable bonds is 4. The smallest absolute Gasteiger partial charge is 0.271 e. The molecule has 1 heterocycles. The molecule has 0 radical (unpaired) electrons. The normalized spacial score (nSPS) is 11.0. The van der Waals surface area contributed by atoms with Gasteiger partial charge >= 0.3 is 0 Å². The van der Waals surface area contributed by atoms with Gasteiger partial charge in [0.25, 0.3) is 5.91 Å². The lowest BCUT2D eigenvalue weighted by atomic mass is 10.1. The number of aromatic hydroxyl groups is 1. The maximum atomic E-state index is 11.8. The molecule has 0 aliphatic carbocycles. The van der Waals surface area contributed by atoms with Crippen LogP contribution in [0.4, 0.5) is 0 Å². The molecule has 0 saturated carbocycles. The number of pyridine rings is 1. The molecule has 2 aromatic rings. The summed E-state index contributed by atoms with van der Waals surface area (Å²) >= 11 is 0. The topological polar surface area (TPSA) is 83.8 Å². The Morgan fingerprint density at radius 2 is 2.00 bits per heavy atom. The molecule has 0 bridgehead atoms. The molecule has 1 aromatic carbocycles. The number of nitrogens with one attached hydrogen (secondary N) is 1. The van der Waals surface area contributed by atoms with E-state index >= 15 is 0 Å². The highest BCUT2D eigenvalue weighted by atomic mass is 16.5. The van der Waals surface area contributed by atoms with E-state index in [-0.39, 0.29) is 11.7 Å². The fourth-order valence-corrected chi connectivity index (χ4v) is 1.71. The molecule has 108 valence electrons. The van der Waals surface area contributed by atoms with Crippen LogP contribution in [0.15, 0.2) is 47.8 Å². The molecule has 1 amide bonds. The van der Waals surface area contributed by atoms with Gasteiger partial charge in [-0.15, -0.1) is 0 Å². The summed E-state index contributed by atoms with van der Waals surface area (Å²) in [6, 6.07) is 8.04. The molecule has 1 aromatic heterocycles. The third-order valence-electron chi connectivity index (χ3n) is 2.86. The summed E-state index contributed by atoms with van der Waals surface area (Å²) in [6.45, 7) is 1.69. The van der Waals surface area contributed by atoms with Gasteiger partial charge in [-0.25, -0.2) is 5.43 Å². The number of carbonyl (C=O) groups is 1. The summed E-state index contributed by atoms with van der Waals surface area (Å²) in [5.41, 5.74) is 3.89. The van der Waals surface area contributed by atoms with Gasteiger partial charge < -0.3 is 9.84 Å². The third-order valence-corrected chi connectivity index (χ3v) is 2.86. The van der Waals surface area contributed by atoms with E-state index in [1.807, 2.05) is 0 Å². The number of carbonyl (C=O) groups excluding carboxylic acids is 1. The van der Waals surface area contributed by atoms with Crippen LogP contribution in [-0.4, -0.2) is 28.8 Å². The number of nitrogens with zero attached hydrogens (tertiary/aromatic N) is 2. The molecule has 0 aliphatic rings.